The molecule has 0 unspecified atom stereocenters. The molecule has 0 spiro atoms. The number of para-hydroxylation sites is 1. The predicted molar refractivity (Wildman–Crippen MR) is 90.3 cm³/mol. The zero-order chi connectivity index (χ0) is 15.7. The Bertz CT molecular complexity index is 666. The van der Waals surface area contributed by atoms with Gasteiger partial charge in [-0.05, 0) is 51.2 Å². The molecule has 1 aliphatic heterocycles. The second-order valence-electron chi connectivity index (χ2n) is 6.57. The first-order valence-electron chi connectivity index (χ1n) is 8.19. The SMILES string of the molecule is Cc1[nH]c2ccccc2c1C1CCN(C(=O)NC(C)C)CC1. The molecule has 0 bridgehead atoms. The number of hydrogen-bond donors (Lipinski definition) is 2. The molecular weight excluding hydrogens is 274 g/mol. The van der Waals surface area contributed by atoms with Crippen LogP contribution in [-0.4, -0.2) is 35.0 Å². The van der Waals surface area contributed by atoms with E-state index in [2.05, 4.69) is 41.5 Å². The molecule has 4 heteroatoms. The fourth-order valence-electron chi connectivity index (χ4n) is 3.53. The number of amides is 2. The number of rotatable bonds is 2. The van der Waals surface area contributed by atoms with Crippen molar-refractivity contribution in [1.29, 1.82) is 0 Å². The molecule has 0 radical (unpaired) electrons. The first kappa shape index (κ1) is 14.9. The third-order valence-electron chi connectivity index (χ3n) is 4.55. The third kappa shape index (κ3) is 2.82. The fourth-order valence-corrected chi connectivity index (χ4v) is 3.53. The van der Waals surface area contributed by atoms with Crippen LogP contribution in [0, 0.1) is 6.92 Å². The average Bonchev–Trinajstić information content (AvgIpc) is 2.82. The van der Waals surface area contributed by atoms with Crippen LogP contribution < -0.4 is 5.32 Å². The summed E-state index contributed by atoms with van der Waals surface area (Å²) in [6, 6.07) is 8.78. The largest absolute Gasteiger partial charge is 0.358 e. The van der Waals surface area contributed by atoms with Crippen molar-refractivity contribution >= 4 is 16.9 Å². The first-order chi connectivity index (χ1) is 10.6. The lowest BCUT2D eigenvalue weighted by molar-refractivity contribution is 0.179. The normalized spacial score (nSPS) is 16.5. The Labute approximate surface area is 131 Å². The first-order valence-corrected chi connectivity index (χ1v) is 8.19. The van der Waals surface area contributed by atoms with Crippen LogP contribution in [0.1, 0.15) is 43.9 Å². The smallest absolute Gasteiger partial charge is 0.317 e. The van der Waals surface area contributed by atoms with Crippen molar-refractivity contribution < 1.29 is 4.79 Å². The van der Waals surface area contributed by atoms with Crippen molar-refractivity contribution in [2.24, 2.45) is 0 Å². The van der Waals surface area contributed by atoms with Gasteiger partial charge in [-0.15, -0.1) is 0 Å². The Hall–Kier alpha value is -1.97. The molecule has 0 atom stereocenters. The maximum Gasteiger partial charge on any atom is 0.317 e. The van der Waals surface area contributed by atoms with Gasteiger partial charge in [-0.3, -0.25) is 0 Å². The van der Waals surface area contributed by atoms with Gasteiger partial charge < -0.3 is 15.2 Å². The Morgan fingerprint density at radius 1 is 1.27 bits per heavy atom. The van der Waals surface area contributed by atoms with E-state index in [1.165, 1.54) is 22.2 Å². The minimum absolute atomic E-state index is 0.0732. The van der Waals surface area contributed by atoms with Crippen LogP contribution in [-0.2, 0) is 0 Å². The summed E-state index contributed by atoms with van der Waals surface area (Å²) >= 11 is 0. The second kappa shape index (κ2) is 6.03. The number of benzene rings is 1. The van der Waals surface area contributed by atoms with Crippen molar-refractivity contribution in [2.45, 2.75) is 45.6 Å². The van der Waals surface area contributed by atoms with Crippen molar-refractivity contribution in [2.75, 3.05) is 13.1 Å². The third-order valence-corrected chi connectivity index (χ3v) is 4.55. The zero-order valence-electron chi connectivity index (χ0n) is 13.6. The van der Waals surface area contributed by atoms with E-state index < -0.39 is 0 Å². The van der Waals surface area contributed by atoms with Crippen molar-refractivity contribution in [1.82, 2.24) is 15.2 Å². The van der Waals surface area contributed by atoms with Crippen molar-refractivity contribution in [3.05, 3.63) is 35.5 Å². The average molecular weight is 299 g/mol. The minimum atomic E-state index is 0.0732. The number of urea groups is 1. The van der Waals surface area contributed by atoms with Crippen molar-refractivity contribution in [3.8, 4) is 0 Å². The number of piperidine rings is 1. The van der Waals surface area contributed by atoms with Crippen LogP contribution in [0.3, 0.4) is 0 Å². The number of aromatic amines is 1. The molecule has 4 nitrogen and oxygen atoms in total. The molecule has 118 valence electrons. The van der Waals surface area contributed by atoms with Gasteiger partial charge in [0.1, 0.15) is 0 Å². The van der Waals surface area contributed by atoms with E-state index in [0.717, 1.165) is 25.9 Å². The predicted octanol–water partition coefficient (Wildman–Crippen LogP) is 3.77. The highest BCUT2D eigenvalue weighted by atomic mass is 16.2. The molecule has 0 aliphatic carbocycles. The number of aromatic nitrogens is 1. The highest BCUT2D eigenvalue weighted by Gasteiger charge is 2.26. The van der Waals surface area contributed by atoms with Crippen LogP contribution in [0.4, 0.5) is 4.79 Å². The van der Waals surface area contributed by atoms with Crippen LogP contribution in [0.2, 0.25) is 0 Å². The quantitative estimate of drug-likeness (QED) is 0.871. The molecule has 3 rings (SSSR count). The summed E-state index contributed by atoms with van der Waals surface area (Å²) in [5.74, 6) is 0.541. The molecule has 1 aromatic heterocycles. The second-order valence-corrected chi connectivity index (χ2v) is 6.57. The number of nitrogens with zero attached hydrogens (tertiary/aromatic N) is 1. The monoisotopic (exact) mass is 299 g/mol. The molecule has 1 fully saturated rings. The molecular formula is C18H25N3O. The van der Waals surface area contributed by atoms with Gasteiger partial charge in [0.05, 0.1) is 0 Å². The molecule has 22 heavy (non-hydrogen) atoms. The number of hydrogen-bond acceptors (Lipinski definition) is 1. The lowest BCUT2D eigenvalue weighted by atomic mass is 9.87. The minimum Gasteiger partial charge on any atom is -0.358 e. The number of likely N-dealkylation sites (tertiary alicyclic amines) is 1. The number of nitrogens with one attached hydrogen (secondary N) is 2. The van der Waals surface area contributed by atoms with Gasteiger partial charge in [0, 0.05) is 35.7 Å². The number of carbonyl (C=O) groups is 1. The van der Waals surface area contributed by atoms with Gasteiger partial charge in [0.15, 0.2) is 0 Å². The number of aryl methyl sites for hydroxylation is 1. The topological polar surface area (TPSA) is 48.1 Å². The summed E-state index contributed by atoms with van der Waals surface area (Å²) in [4.78, 5) is 17.5. The number of fused-ring (bicyclic) bond motifs is 1. The summed E-state index contributed by atoms with van der Waals surface area (Å²) < 4.78 is 0. The van der Waals surface area contributed by atoms with Gasteiger partial charge in [-0.1, -0.05) is 18.2 Å². The molecule has 2 N–H and O–H groups in total. The zero-order valence-corrected chi connectivity index (χ0v) is 13.6. The van der Waals surface area contributed by atoms with Crippen LogP contribution >= 0.6 is 0 Å². The number of carbonyl (C=O) groups excluding carboxylic acids is 1. The van der Waals surface area contributed by atoms with Gasteiger partial charge >= 0.3 is 6.03 Å². The highest BCUT2D eigenvalue weighted by molar-refractivity contribution is 5.85. The summed E-state index contributed by atoms with van der Waals surface area (Å²) in [6.45, 7) is 7.83. The summed E-state index contributed by atoms with van der Waals surface area (Å²) in [6.07, 6.45) is 2.07. The summed E-state index contributed by atoms with van der Waals surface area (Å²) in [5.41, 5.74) is 3.93. The standard InChI is InChI=1S/C18H25N3O/c1-12(2)19-18(22)21-10-8-14(9-11-21)17-13(3)20-16-7-5-4-6-15(16)17/h4-7,12,14,20H,8-11H2,1-3H3,(H,19,22). The van der Waals surface area contributed by atoms with Gasteiger partial charge in [0.2, 0.25) is 0 Å². The molecule has 1 saturated heterocycles. The van der Waals surface area contributed by atoms with E-state index in [4.69, 9.17) is 0 Å². The maximum atomic E-state index is 12.1. The molecule has 2 amide bonds. The van der Waals surface area contributed by atoms with E-state index in [-0.39, 0.29) is 12.1 Å². The van der Waals surface area contributed by atoms with E-state index >= 15 is 0 Å². The Balaban J connectivity index is 1.73. The number of H-pyrrole nitrogens is 1. The van der Waals surface area contributed by atoms with E-state index in [1.807, 2.05) is 18.7 Å². The van der Waals surface area contributed by atoms with E-state index in [0.29, 0.717) is 5.92 Å². The van der Waals surface area contributed by atoms with Crippen LogP contribution in [0.25, 0.3) is 10.9 Å². The summed E-state index contributed by atoms with van der Waals surface area (Å²) in [7, 11) is 0. The highest BCUT2D eigenvalue weighted by Crippen LogP contribution is 2.35. The molecule has 1 aromatic carbocycles. The molecule has 2 heterocycles. The van der Waals surface area contributed by atoms with Gasteiger partial charge in [0.25, 0.3) is 0 Å². The van der Waals surface area contributed by atoms with Gasteiger partial charge in [-0.2, -0.15) is 0 Å². The van der Waals surface area contributed by atoms with E-state index in [9.17, 15) is 4.79 Å². The lowest BCUT2D eigenvalue weighted by Gasteiger charge is -2.33. The Kier molecular flexibility index (Phi) is 4.10. The lowest BCUT2D eigenvalue weighted by Crippen LogP contribution is -2.46. The molecule has 1 aliphatic rings. The molecule has 0 saturated carbocycles. The van der Waals surface area contributed by atoms with Crippen LogP contribution in [0.5, 0.6) is 0 Å². The van der Waals surface area contributed by atoms with Gasteiger partial charge in [-0.25, -0.2) is 4.79 Å². The van der Waals surface area contributed by atoms with Crippen molar-refractivity contribution in [3.63, 3.8) is 0 Å². The Morgan fingerprint density at radius 3 is 2.64 bits per heavy atom. The maximum absolute atomic E-state index is 12.1. The fraction of sp³-hybridized carbons (Fsp3) is 0.500. The Morgan fingerprint density at radius 2 is 1.95 bits per heavy atom. The van der Waals surface area contributed by atoms with E-state index in [1.54, 1.807) is 0 Å². The molecule has 2 aromatic rings. The summed E-state index contributed by atoms with van der Waals surface area (Å²) in [5, 5.41) is 4.32. The van der Waals surface area contributed by atoms with Crippen LogP contribution in [0.15, 0.2) is 24.3 Å².